The Balaban J connectivity index is 1.82. The molecule has 2 amide bonds. The Morgan fingerprint density at radius 1 is 1.11 bits per heavy atom. The van der Waals surface area contributed by atoms with Crippen molar-refractivity contribution in [2.45, 2.75) is 32.4 Å². The van der Waals surface area contributed by atoms with Gasteiger partial charge in [-0.2, -0.15) is 0 Å². The van der Waals surface area contributed by atoms with Crippen molar-refractivity contribution < 1.29 is 23.5 Å². The molecule has 2 aromatic rings. The molecule has 2 N–H and O–H groups in total. The molecule has 8 heteroatoms. The molecule has 0 aliphatic heterocycles. The van der Waals surface area contributed by atoms with Crippen LogP contribution in [0.4, 0.5) is 10.1 Å². The minimum Gasteiger partial charge on any atom is -0.452 e. The first kappa shape index (κ1) is 21.6. The van der Waals surface area contributed by atoms with Crippen LogP contribution in [0.25, 0.3) is 0 Å². The highest BCUT2D eigenvalue weighted by atomic mass is 79.9. The Kier molecular flexibility index (Phi) is 7.69. The largest absolute Gasteiger partial charge is 0.452 e. The van der Waals surface area contributed by atoms with Gasteiger partial charge in [0.15, 0.2) is 6.10 Å². The van der Waals surface area contributed by atoms with Crippen LogP contribution in [0, 0.1) is 5.82 Å². The smallest absolute Gasteiger partial charge is 0.308 e. The third kappa shape index (κ3) is 6.45. The number of hydrogen-bond acceptors (Lipinski definition) is 4. The molecule has 2 atom stereocenters. The number of carbonyl (C=O) groups is 3. The van der Waals surface area contributed by atoms with Crippen LogP contribution in [0.2, 0.25) is 0 Å². The second-order valence-electron chi connectivity index (χ2n) is 6.19. The van der Waals surface area contributed by atoms with Crippen molar-refractivity contribution in [1.82, 2.24) is 5.32 Å². The van der Waals surface area contributed by atoms with E-state index in [0.29, 0.717) is 10.0 Å². The number of ether oxygens (including phenoxy) is 1. The molecule has 6 nitrogen and oxygen atoms in total. The molecule has 0 bridgehead atoms. The molecule has 0 aromatic heterocycles. The summed E-state index contributed by atoms with van der Waals surface area (Å²) >= 11 is 3.13. The van der Waals surface area contributed by atoms with E-state index >= 15 is 0 Å². The van der Waals surface area contributed by atoms with Crippen molar-refractivity contribution in [2.75, 3.05) is 5.32 Å². The van der Waals surface area contributed by atoms with Crippen molar-refractivity contribution in [3.63, 3.8) is 0 Å². The lowest BCUT2D eigenvalue weighted by Crippen LogP contribution is -2.36. The molecule has 0 saturated heterocycles. The molecular formula is C20H20BrFN2O4. The molecular weight excluding hydrogens is 431 g/mol. The van der Waals surface area contributed by atoms with E-state index in [9.17, 15) is 18.8 Å². The van der Waals surface area contributed by atoms with Gasteiger partial charge in [-0.25, -0.2) is 4.39 Å². The van der Waals surface area contributed by atoms with Crippen LogP contribution >= 0.6 is 15.9 Å². The van der Waals surface area contributed by atoms with Crippen LogP contribution in [0.3, 0.4) is 0 Å². The highest BCUT2D eigenvalue weighted by Crippen LogP contribution is 2.19. The maximum Gasteiger partial charge on any atom is 0.308 e. The standard InChI is InChI=1S/C20H20BrFN2O4/c1-12(23-20(27)14-6-4-3-5-7-14)10-18(25)28-13(2)19(26)24-17-9-8-15(21)11-16(17)22/h3-9,11-13H,10H2,1-2H3,(H,23,27)(H,24,26). The van der Waals surface area contributed by atoms with E-state index in [0.717, 1.165) is 0 Å². The van der Waals surface area contributed by atoms with Gasteiger partial charge in [0.25, 0.3) is 11.8 Å². The summed E-state index contributed by atoms with van der Waals surface area (Å²) in [7, 11) is 0. The number of amides is 2. The number of esters is 1. The van der Waals surface area contributed by atoms with Gasteiger partial charge in [0.2, 0.25) is 0 Å². The maximum atomic E-state index is 13.8. The van der Waals surface area contributed by atoms with Crippen LogP contribution in [0.1, 0.15) is 30.6 Å². The lowest BCUT2D eigenvalue weighted by atomic mass is 10.2. The second-order valence-corrected chi connectivity index (χ2v) is 7.11. The molecule has 0 saturated carbocycles. The van der Waals surface area contributed by atoms with Gasteiger partial charge >= 0.3 is 5.97 Å². The van der Waals surface area contributed by atoms with E-state index in [1.165, 1.54) is 19.1 Å². The average molecular weight is 451 g/mol. The van der Waals surface area contributed by atoms with E-state index < -0.39 is 29.8 Å². The summed E-state index contributed by atoms with van der Waals surface area (Å²) in [5, 5.41) is 5.06. The molecule has 2 rings (SSSR count). The first-order chi connectivity index (χ1) is 13.3. The molecule has 28 heavy (non-hydrogen) atoms. The quantitative estimate of drug-likeness (QED) is 0.630. The fraction of sp³-hybridized carbons (Fsp3) is 0.250. The Morgan fingerprint density at radius 2 is 1.79 bits per heavy atom. The zero-order valence-corrected chi connectivity index (χ0v) is 17.0. The SMILES string of the molecule is CC(CC(=O)OC(C)C(=O)Nc1ccc(Br)cc1F)NC(=O)c1ccccc1. The molecule has 0 aliphatic rings. The van der Waals surface area contributed by atoms with Gasteiger partial charge in [0.05, 0.1) is 12.1 Å². The van der Waals surface area contributed by atoms with Gasteiger partial charge in [-0.3, -0.25) is 14.4 Å². The molecule has 0 fully saturated rings. The number of rotatable bonds is 7. The molecule has 0 aliphatic carbocycles. The Labute approximate surface area is 170 Å². The first-order valence-corrected chi connectivity index (χ1v) is 9.37. The van der Waals surface area contributed by atoms with Crippen LogP contribution < -0.4 is 10.6 Å². The van der Waals surface area contributed by atoms with E-state index in [4.69, 9.17) is 4.74 Å². The van der Waals surface area contributed by atoms with Gasteiger partial charge < -0.3 is 15.4 Å². The van der Waals surface area contributed by atoms with Crippen molar-refractivity contribution in [3.8, 4) is 0 Å². The topological polar surface area (TPSA) is 84.5 Å². The number of nitrogens with one attached hydrogen (secondary N) is 2. The number of carbonyl (C=O) groups excluding carboxylic acids is 3. The predicted octanol–water partition coefficient (Wildman–Crippen LogP) is 3.67. The van der Waals surface area contributed by atoms with Crippen molar-refractivity contribution >= 4 is 39.4 Å². The summed E-state index contributed by atoms with van der Waals surface area (Å²) < 4.78 is 19.4. The highest BCUT2D eigenvalue weighted by Gasteiger charge is 2.21. The van der Waals surface area contributed by atoms with Crippen molar-refractivity contribution in [1.29, 1.82) is 0 Å². The molecule has 2 unspecified atom stereocenters. The summed E-state index contributed by atoms with van der Waals surface area (Å²) in [6, 6.07) is 12.3. The first-order valence-electron chi connectivity index (χ1n) is 8.57. The third-order valence-corrected chi connectivity index (χ3v) is 4.25. The van der Waals surface area contributed by atoms with Crippen LogP contribution in [0.5, 0.6) is 0 Å². The van der Waals surface area contributed by atoms with Crippen molar-refractivity contribution in [2.24, 2.45) is 0 Å². The second kappa shape index (κ2) is 9.98. The third-order valence-electron chi connectivity index (χ3n) is 3.75. The Bertz CT molecular complexity index is 861. The summed E-state index contributed by atoms with van der Waals surface area (Å²) in [6.07, 6.45) is -1.23. The maximum absolute atomic E-state index is 13.8. The van der Waals surface area contributed by atoms with Crippen molar-refractivity contribution in [3.05, 3.63) is 64.4 Å². The fourth-order valence-corrected chi connectivity index (χ4v) is 2.65. The number of anilines is 1. The lowest BCUT2D eigenvalue weighted by Gasteiger charge is -2.17. The van der Waals surface area contributed by atoms with Gasteiger partial charge in [0, 0.05) is 16.1 Å². The summed E-state index contributed by atoms with van der Waals surface area (Å²) in [6.45, 7) is 3.04. The molecule has 0 heterocycles. The zero-order chi connectivity index (χ0) is 20.7. The highest BCUT2D eigenvalue weighted by molar-refractivity contribution is 9.10. The monoisotopic (exact) mass is 450 g/mol. The van der Waals surface area contributed by atoms with Gasteiger partial charge in [-0.1, -0.05) is 34.1 Å². The molecule has 2 aromatic carbocycles. The average Bonchev–Trinajstić information content (AvgIpc) is 2.64. The summed E-state index contributed by atoms with van der Waals surface area (Å²) in [5.74, 6) is -2.23. The number of halogens is 2. The Morgan fingerprint density at radius 3 is 2.43 bits per heavy atom. The van der Waals surface area contributed by atoms with Crippen LogP contribution in [-0.2, 0) is 14.3 Å². The molecule has 0 spiro atoms. The van der Waals surface area contributed by atoms with Crippen LogP contribution in [-0.4, -0.2) is 29.9 Å². The number of benzene rings is 2. The normalized spacial score (nSPS) is 12.6. The minimum absolute atomic E-state index is 0.0143. The van der Waals surface area contributed by atoms with Gasteiger partial charge in [-0.15, -0.1) is 0 Å². The fourth-order valence-electron chi connectivity index (χ4n) is 2.32. The van der Waals surface area contributed by atoms with E-state index in [1.54, 1.807) is 43.3 Å². The number of hydrogen-bond donors (Lipinski definition) is 2. The minimum atomic E-state index is -1.12. The van der Waals surface area contributed by atoms with E-state index in [1.807, 2.05) is 0 Å². The molecule has 148 valence electrons. The van der Waals surface area contributed by atoms with E-state index in [2.05, 4.69) is 26.6 Å². The zero-order valence-electron chi connectivity index (χ0n) is 15.4. The summed E-state index contributed by atoms with van der Waals surface area (Å²) in [5.41, 5.74) is 0.464. The predicted molar refractivity (Wildman–Crippen MR) is 106 cm³/mol. The van der Waals surface area contributed by atoms with Gasteiger partial charge in [0.1, 0.15) is 5.82 Å². The Hall–Kier alpha value is -2.74. The van der Waals surface area contributed by atoms with Gasteiger partial charge in [-0.05, 0) is 44.2 Å². The molecule has 0 radical (unpaired) electrons. The van der Waals surface area contributed by atoms with E-state index in [-0.39, 0.29) is 18.0 Å². The van der Waals surface area contributed by atoms with Crippen LogP contribution in [0.15, 0.2) is 53.0 Å². The summed E-state index contributed by atoms with van der Waals surface area (Å²) in [4.78, 5) is 36.2. The lowest BCUT2D eigenvalue weighted by molar-refractivity contribution is -0.153.